The van der Waals surface area contributed by atoms with E-state index >= 15 is 0 Å². The fraction of sp³-hybridized carbons (Fsp3) is 0.391. The van der Waals surface area contributed by atoms with Crippen molar-refractivity contribution in [2.75, 3.05) is 24.6 Å². The first kappa shape index (κ1) is 19.9. The number of fused-ring (bicyclic) bond motifs is 2. The lowest BCUT2D eigenvalue weighted by Gasteiger charge is -2.41. The van der Waals surface area contributed by atoms with E-state index in [4.69, 9.17) is 15.5 Å². The van der Waals surface area contributed by atoms with Gasteiger partial charge in [-0.15, -0.1) is 0 Å². The van der Waals surface area contributed by atoms with Gasteiger partial charge in [0.15, 0.2) is 5.65 Å². The molecule has 4 aromatic rings. The van der Waals surface area contributed by atoms with Gasteiger partial charge in [-0.25, -0.2) is 9.97 Å². The van der Waals surface area contributed by atoms with Crippen LogP contribution in [0.3, 0.4) is 0 Å². The van der Waals surface area contributed by atoms with E-state index in [1.165, 1.54) is 0 Å². The highest BCUT2D eigenvalue weighted by Crippen LogP contribution is 2.42. The van der Waals surface area contributed by atoms with Crippen LogP contribution in [0.5, 0.6) is 0 Å². The first-order chi connectivity index (χ1) is 15.6. The molecule has 1 spiro atoms. The third kappa shape index (κ3) is 3.15. The molecule has 2 N–H and O–H groups in total. The van der Waals surface area contributed by atoms with Gasteiger partial charge in [-0.05, 0) is 38.0 Å². The molecule has 6 rings (SSSR count). The molecule has 0 bridgehead atoms. The van der Waals surface area contributed by atoms with Gasteiger partial charge in [-0.3, -0.25) is 14.4 Å². The van der Waals surface area contributed by atoms with Crippen LogP contribution < -0.4 is 10.6 Å². The number of rotatable bonds is 3. The number of pyridine rings is 2. The zero-order valence-electron chi connectivity index (χ0n) is 17.9. The maximum atomic E-state index is 6.49. The molecule has 0 amide bonds. The van der Waals surface area contributed by atoms with Gasteiger partial charge in [0.2, 0.25) is 5.95 Å². The Hall–Kier alpha value is -2.75. The smallest absolute Gasteiger partial charge is 0.211 e. The molecule has 0 unspecified atom stereocenters. The second-order valence-corrected chi connectivity index (χ2v) is 9.80. The minimum Gasteiger partial charge on any atom is -0.376 e. The first-order valence-corrected chi connectivity index (χ1v) is 11.8. The number of ether oxygens (including phenoxy) is 1. The van der Waals surface area contributed by atoms with Crippen LogP contribution in [0.4, 0.5) is 5.95 Å². The summed E-state index contributed by atoms with van der Waals surface area (Å²) in [5, 5.41) is 0. The summed E-state index contributed by atoms with van der Waals surface area (Å²) in [7, 11) is 0. The van der Waals surface area contributed by atoms with E-state index in [1.807, 2.05) is 43.0 Å². The van der Waals surface area contributed by atoms with Crippen LogP contribution in [-0.2, 0) is 4.74 Å². The number of nitrogens with zero attached hydrogens (tertiary/aromatic N) is 6. The number of nitrogens with two attached hydrogens (primary N) is 1. The van der Waals surface area contributed by atoms with Gasteiger partial charge in [0, 0.05) is 60.4 Å². The second kappa shape index (κ2) is 7.68. The van der Waals surface area contributed by atoms with Gasteiger partial charge >= 0.3 is 0 Å². The predicted octanol–water partition coefficient (Wildman–Crippen LogP) is 3.16. The second-order valence-electron chi connectivity index (χ2n) is 8.72. The molecule has 9 heteroatoms. The summed E-state index contributed by atoms with van der Waals surface area (Å²) in [5.41, 5.74) is 9.25. The van der Waals surface area contributed by atoms with Gasteiger partial charge in [0.05, 0.1) is 23.1 Å². The Morgan fingerprint density at radius 2 is 1.94 bits per heavy atom. The molecular weight excluding hydrogens is 422 g/mol. The minimum absolute atomic E-state index is 0.0924. The highest BCUT2D eigenvalue weighted by Gasteiger charge is 2.47. The molecule has 2 aliphatic heterocycles. The Bertz CT molecular complexity index is 1280. The molecule has 6 heterocycles. The van der Waals surface area contributed by atoms with Crippen LogP contribution in [0.15, 0.2) is 59.0 Å². The topological polar surface area (TPSA) is 94.5 Å². The Morgan fingerprint density at radius 3 is 2.75 bits per heavy atom. The molecule has 32 heavy (non-hydrogen) atoms. The monoisotopic (exact) mass is 447 g/mol. The van der Waals surface area contributed by atoms with Gasteiger partial charge in [0.1, 0.15) is 5.52 Å². The lowest BCUT2D eigenvalue weighted by molar-refractivity contribution is 0.0973. The Morgan fingerprint density at radius 1 is 1.06 bits per heavy atom. The van der Waals surface area contributed by atoms with E-state index in [-0.39, 0.29) is 17.6 Å². The Balaban J connectivity index is 1.29. The maximum Gasteiger partial charge on any atom is 0.211 e. The normalized spacial score (nSPS) is 22.9. The molecule has 164 valence electrons. The molecule has 2 saturated heterocycles. The van der Waals surface area contributed by atoms with Crippen molar-refractivity contribution in [1.82, 2.24) is 24.3 Å². The van der Waals surface area contributed by atoms with Crippen LogP contribution in [-0.4, -0.2) is 56.2 Å². The minimum atomic E-state index is 0.0924. The molecule has 0 radical (unpaired) electrons. The molecule has 8 nitrogen and oxygen atoms in total. The summed E-state index contributed by atoms with van der Waals surface area (Å²) in [4.78, 5) is 22.8. The standard InChI is InChI=1S/C23H25N7OS/c1-15-20(24)23(14-31-15)5-10-29(11-6-23)22-28-13-18(21-27-9-12-30(21)22)32-17-4-8-25-16-3-2-7-26-19(16)17/h2-4,7-9,12-13,15,20H,5-6,10-11,14,24H2,1H3/t15-,20+/m0/s1. The Kier molecular flexibility index (Phi) is 4.78. The maximum absolute atomic E-state index is 6.49. The number of piperidine rings is 1. The lowest BCUT2D eigenvalue weighted by Crippen LogP contribution is -2.51. The van der Waals surface area contributed by atoms with Crippen molar-refractivity contribution in [3.05, 3.63) is 49.2 Å². The van der Waals surface area contributed by atoms with E-state index in [2.05, 4.69) is 31.2 Å². The van der Waals surface area contributed by atoms with Crippen LogP contribution in [0.1, 0.15) is 19.8 Å². The third-order valence-electron chi connectivity index (χ3n) is 6.94. The number of aromatic nitrogens is 5. The zero-order chi connectivity index (χ0) is 21.7. The summed E-state index contributed by atoms with van der Waals surface area (Å²) >= 11 is 1.62. The van der Waals surface area contributed by atoms with Crippen molar-refractivity contribution in [1.29, 1.82) is 0 Å². The van der Waals surface area contributed by atoms with Crippen LogP contribution in [0.25, 0.3) is 16.7 Å². The van der Waals surface area contributed by atoms with Crippen molar-refractivity contribution in [3.8, 4) is 0 Å². The number of hydrogen-bond acceptors (Lipinski definition) is 8. The summed E-state index contributed by atoms with van der Waals surface area (Å²) in [6, 6.07) is 5.98. The van der Waals surface area contributed by atoms with E-state index < -0.39 is 0 Å². The van der Waals surface area contributed by atoms with E-state index in [0.29, 0.717) is 0 Å². The third-order valence-corrected chi connectivity index (χ3v) is 8.00. The van der Waals surface area contributed by atoms with E-state index in [0.717, 1.165) is 65.0 Å². The van der Waals surface area contributed by atoms with E-state index in [9.17, 15) is 0 Å². The molecule has 2 aliphatic rings. The summed E-state index contributed by atoms with van der Waals surface area (Å²) < 4.78 is 7.96. The number of imidazole rings is 1. The van der Waals surface area contributed by atoms with Crippen LogP contribution in [0, 0.1) is 5.41 Å². The fourth-order valence-electron chi connectivity index (χ4n) is 4.97. The number of hydrogen-bond donors (Lipinski definition) is 1. The van der Waals surface area contributed by atoms with Gasteiger partial charge in [0.25, 0.3) is 0 Å². The molecular formula is C23H25N7OS. The molecule has 4 aromatic heterocycles. The largest absolute Gasteiger partial charge is 0.376 e. The average molecular weight is 448 g/mol. The quantitative estimate of drug-likeness (QED) is 0.512. The number of anilines is 1. The Labute approximate surface area is 190 Å². The highest BCUT2D eigenvalue weighted by atomic mass is 32.2. The van der Waals surface area contributed by atoms with Crippen molar-refractivity contribution in [2.45, 2.75) is 41.7 Å². The summed E-state index contributed by atoms with van der Waals surface area (Å²) in [6.45, 7) is 4.67. The molecule has 2 fully saturated rings. The van der Waals surface area contributed by atoms with Gasteiger partial charge < -0.3 is 15.4 Å². The van der Waals surface area contributed by atoms with Crippen molar-refractivity contribution in [2.24, 2.45) is 11.1 Å². The van der Waals surface area contributed by atoms with Gasteiger partial charge in [-0.2, -0.15) is 0 Å². The summed E-state index contributed by atoms with van der Waals surface area (Å²) in [6.07, 6.45) is 11.5. The van der Waals surface area contributed by atoms with Crippen molar-refractivity contribution >= 4 is 34.4 Å². The predicted molar refractivity (Wildman–Crippen MR) is 124 cm³/mol. The van der Waals surface area contributed by atoms with Crippen molar-refractivity contribution < 1.29 is 4.74 Å². The zero-order valence-corrected chi connectivity index (χ0v) is 18.7. The molecule has 2 atom stereocenters. The fourth-order valence-corrected chi connectivity index (χ4v) is 5.94. The molecule has 0 aliphatic carbocycles. The summed E-state index contributed by atoms with van der Waals surface area (Å²) in [5.74, 6) is 0.926. The van der Waals surface area contributed by atoms with Crippen LogP contribution >= 0.6 is 11.8 Å². The average Bonchev–Trinajstić information content (AvgIpc) is 3.42. The molecule has 0 saturated carbocycles. The first-order valence-electron chi connectivity index (χ1n) is 11.0. The SMILES string of the molecule is C[C@@H]1OCC2(CCN(c3ncc(Sc4ccnc5cccnc45)c4nccn34)CC2)[C@@H]1N. The van der Waals surface area contributed by atoms with Crippen LogP contribution in [0.2, 0.25) is 0 Å². The van der Waals surface area contributed by atoms with E-state index in [1.54, 1.807) is 18.0 Å². The lowest BCUT2D eigenvalue weighted by atomic mass is 9.73. The van der Waals surface area contributed by atoms with Crippen molar-refractivity contribution in [3.63, 3.8) is 0 Å². The molecule has 0 aromatic carbocycles. The van der Waals surface area contributed by atoms with Gasteiger partial charge in [-0.1, -0.05) is 11.8 Å². The highest BCUT2D eigenvalue weighted by molar-refractivity contribution is 7.99.